The largest absolute Gasteiger partial charge is 0.393 e. The first-order chi connectivity index (χ1) is 9.71. The molecular weight excluding hydrogens is 272 g/mol. The van der Waals surface area contributed by atoms with Crippen LogP contribution in [-0.4, -0.2) is 47.1 Å². The Labute approximate surface area is 124 Å². The molecule has 1 saturated carbocycles. The first kappa shape index (κ1) is 13.9. The number of hydrogen-bond donors (Lipinski definition) is 2. The molecular formula is C14H22N4OS. The van der Waals surface area contributed by atoms with E-state index in [9.17, 15) is 5.11 Å². The fraction of sp³-hybridized carbons (Fsp3) is 0.714. The van der Waals surface area contributed by atoms with Gasteiger partial charge in [-0.05, 0) is 31.9 Å². The normalized spacial score (nSPS) is 28.8. The molecule has 3 unspecified atom stereocenters. The van der Waals surface area contributed by atoms with Crippen molar-refractivity contribution in [3.8, 4) is 0 Å². The average Bonchev–Trinajstić information content (AvgIpc) is 3.01. The number of anilines is 2. The zero-order valence-electron chi connectivity index (χ0n) is 12.0. The Balaban J connectivity index is 1.81. The van der Waals surface area contributed by atoms with E-state index < -0.39 is 0 Å². The van der Waals surface area contributed by atoms with Crippen LogP contribution in [0.5, 0.6) is 0 Å². The molecule has 1 aliphatic heterocycles. The first-order valence-corrected chi connectivity index (χ1v) is 8.53. The van der Waals surface area contributed by atoms with E-state index in [1.807, 2.05) is 12.3 Å². The molecule has 6 heteroatoms. The molecule has 2 N–H and O–H groups in total. The van der Waals surface area contributed by atoms with Crippen LogP contribution in [0.4, 0.5) is 11.6 Å². The molecule has 1 saturated heterocycles. The number of hydrogen-bond acceptors (Lipinski definition) is 6. The van der Waals surface area contributed by atoms with Gasteiger partial charge < -0.3 is 15.3 Å². The molecule has 1 aromatic heterocycles. The average molecular weight is 294 g/mol. The van der Waals surface area contributed by atoms with Gasteiger partial charge in [-0.25, -0.2) is 9.97 Å². The van der Waals surface area contributed by atoms with Crippen LogP contribution in [0.2, 0.25) is 0 Å². The van der Waals surface area contributed by atoms with E-state index in [-0.39, 0.29) is 6.10 Å². The summed E-state index contributed by atoms with van der Waals surface area (Å²) in [6, 6.07) is 2.02. The molecule has 20 heavy (non-hydrogen) atoms. The van der Waals surface area contributed by atoms with Gasteiger partial charge in [-0.3, -0.25) is 0 Å². The maximum Gasteiger partial charge on any atom is 0.191 e. The minimum absolute atomic E-state index is 0.125. The molecule has 3 atom stereocenters. The lowest BCUT2D eigenvalue weighted by Gasteiger charge is -2.20. The SMILES string of the molecule is CCNc1cc(N2CC3CCC(O)C3C2)nc(SC)n1. The molecule has 2 fully saturated rings. The fourth-order valence-electron chi connectivity index (χ4n) is 3.36. The van der Waals surface area contributed by atoms with E-state index in [0.29, 0.717) is 11.8 Å². The molecule has 3 rings (SSSR count). The maximum absolute atomic E-state index is 10.0. The van der Waals surface area contributed by atoms with E-state index in [2.05, 4.69) is 27.1 Å². The smallest absolute Gasteiger partial charge is 0.191 e. The molecule has 1 aromatic rings. The summed E-state index contributed by atoms with van der Waals surface area (Å²) in [6.07, 6.45) is 3.98. The Morgan fingerprint density at radius 3 is 2.95 bits per heavy atom. The maximum atomic E-state index is 10.0. The van der Waals surface area contributed by atoms with Crippen molar-refractivity contribution in [2.24, 2.45) is 11.8 Å². The number of rotatable bonds is 4. The van der Waals surface area contributed by atoms with Crippen molar-refractivity contribution in [3.63, 3.8) is 0 Å². The quantitative estimate of drug-likeness (QED) is 0.653. The zero-order chi connectivity index (χ0) is 14.1. The van der Waals surface area contributed by atoms with E-state index >= 15 is 0 Å². The summed E-state index contributed by atoms with van der Waals surface area (Å²) >= 11 is 1.57. The zero-order valence-corrected chi connectivity index (χ0v) is 12.9. The van der Waals surface area contributed by atoms with Crippen LogP contribution in [0.1, 0.15) is 19.8 Å². The van der Waals surface area contributed by atoms with E-state index in [4.69, 9.17) is 0 Å². The van der Waals surface area contributed by atoms with Gasteiger partial charge >= 0.3 is 0 Å². The first-order valence-electron chi connectivity index (χ1n) is 7.31. The molecule has 0 spiro atoms. The number of nitrogens with zero attached hydrogens (tertiary/aromatic N) is 3. The van der Waals surface area contributed by atoms with Crippen molar-refractivity contribution in [2.75, 3.05) is 36.1 Å². The topological polar surface area (TPSA) is 61.3 Å². The van der Waals surface area contributed by atoms with Crippen molar-refractivity contribution < 1.29 is 5.11 Å². The highest BCUT2D eigenvalue weighted by molar-refractivity contribution is 7.98. The molecule has 0 radical (unpaired) electrons. The van der Waals surface area contributed by atoms with Crippen molar-refractivity contribution in [2.45, 2.75) is 31.0 Å². The van der Waals surface area contributed by atoms with Gasteiger partial charge in [-0.2, -0.15) is 0 Å². The summed E-state index contributed by atoms with van der Waals surface area (Å²) in [6.45, 7) is 4.85. The Bertz CT molecular complexity index is 484. The molecule has 110 valence electrons. The summed E-state index contributed by atoms with van der Waals surface area (Å²) in [5.74, 6) is 2.92. The van der Waals surface area contributed by atoms with Gasteiger partial charge in [0.05, 0.1) is 6.10 Å². The van der Waals surface area contributed by atoms with Crippen molar-refractivity contribution in [3.05, 3.63) is 6.07 Å². The summed E-state index contributed by atoms with van der Waals surface area (Å²) in [5.41, 5.74) is 0. The van der Waals surface area contributed by atoms with Gasteiger partial charge in [0.25, 0.3) is 0 Å². The van der Waals surface area contributed by atoms with Crippen molar-refractivity contribution >= 4 is 23.4 Å². The van der Waals surface area contributed by atoms with Gasteiger partial charge in [0.15, 0.2) is 5.16 Å². The Morgan fingerprint density at radius 1 is 1.40 bits per heavy atom. The molecule has 1 aliphatic carbocycles. The van der Waals surface area contributed by atoms with Crippen molar-refractivity contribution in [1.82, 2.24) is 9.97 Å². The van der Waals surface area contributed by atoms with Crippen LogP contribution in [0.3, 0.4) is 0 Å². The Kier molecular flexibility index (Phi) is 4.03. The minimum atomic E-state index is -0.125. The second kappa shape index (κ2) is 5.77. The lowest BCUT2D eigenvalue weighted by atomic mass is 10.00. The molecule has 2 aliphatic rings. The van der Waals surface area contributed by atoms with Gasteiger partial charge in [-0.15, -0.1) is 0 Å². The predicted octanol–water partition coefficient (Wildman–Crippen LogP) is 1.84. The van der Waals surface area contributed by atoms with Gasteiger partial charge in [0.2, 0.25) is 0 Å². The van der Waals surface area contributed by atoms with E-state index in [0.717, 1.165) is 49.3 Å². The lowest BCUT2D eigenvalue weighted by molar-refractivity contribution is 0.133. The third-order valence-corrected chi connectivity index (χ3v) is 4.92. The number of aliphatic hydroxyl groups excluding tert-OH is 1. The molecule has 2 heterocycles. The fourth-order valence-corrected chi connectivity index (χ4v) is 3.74. The second-order valence-electron chi connectivity index (χ2n) is 5.60. The number of aliphatic hydroxyl groups is 1. The number of aromatic nitrogens is 2. The van der Waals surface area contributed by atoms with Crippen molar-refractivity contribution in [1.29, 1.82) is 0 Å². The van der Waals surface area contributed by atoms with Crippen LogP contribution in [-0.2, 0) is 0 Å². The highest BCUT2D eigenvalue weighted by Gasteiger charge is 2.42. The lowest BCUT2D eigenvalue weighted by Crippen LogP contribution is -2.25. The van der Waals surface area contributed by atoms with Gasteiger partial charge in [0.1, 0.15) is 11.6 Å². The van der Waals surface area contributed by atoms with Crippen LogP contribution >= 0.6 is 11.8 Å². The monoisotopic (exact) mass is 294 g/mol. The third-order valence-electron chi connectivity index (χ3n) is 4.38. The number of thioether (sulfide) groups is 1. The van der Waals surface area contributed by atoms with Crippen LogP contribution < -0.4 is 10.2 Å². The van der Waals surface area contributed by atoms with Crippen LogP contribution in [0.15, 0.2) is 11.2 Å². The molecule has 0 amide bonds. The third kappa shape index (κ3) is 2.59. The molecule has 5 nitrogen and oxygen atoms in total. The second-order valence-corrected chi connectivity index (χ2v) is 6.38. The minimum Gasteiger partial charge on any atom is -0.393 e. The predicted molar refractivity (Wildman–Crippen MR) is 82.4 cm³/mol. The summed E-state index contributed by atoms with van der Waals surface area (Å²) in [4.78, 5) is 11.4. The van der Waals surface area contributed by atoms with E-state index in [1.54, 1.807) is 11.8 Å². The van der Waals surface area contributed by atoms with Gasteiger partial charge in [-0.1, -0.05) is 11.8 Å². The Hall–Kier alpha value is -1.01. The standard InChI is InChI=1S/C14H22N4OS/c1-3-15-12-6-13(17-14(16-12)20-2)18-7-9-4-5-11(19)10(9)8-18/h6,9-11,19H,3-5,7-8H2,1-2H3,(H,15,16,17). The van der Waals surface area contributed by atoms with E-state index in [1.165, 1.54) is 0 Å². The number of fused-ring (bicyclic) bond motifs is 1. The summed E-state index contributed by atoms with van der Waals surface area (Å²) < 4.78 is 0. The summed E-state index contributed by atoms with van der Waals surface area (Å²) in [7, 11) is 0. The molecule has 0 bridgehead atoms. The van der Waals surface area contributed by atoms with Gasteiger partial charge in [0, 0.05) is 31.6 Å². The Morgan fingerprint density at radius 2 is 2.25 bits per heavy atom. The van der Waals surface area contributed by atoms with Crippen LogP contribution in [0.25, 0.3) is 0 Å². The highest BCUT2D eigenvalue weighted by Crippen LogP contribution is 2.39. The summed E-state index contributed by atoms with van der Waals surface area (Å²) in [5, 5.41) is 14.1. The highest BCUT2D eigenvalue weighted by atomic mass is 32.2. The number of nitrogens with one attached hydrogen (secondary N) is 1. The van der Waals surface area contributed by atoms with Crippen LogP contribution in [0, 0.1) is 11.8 Å². The molecule has 0 aromatic carbocycles.